The molecule has 0 fully saturated rings. The fraction of sp³-hybridized carbons (Fsp3) is 0.250. The average molecular weight is 420 g/mol. The van der Waals surface area contributed by atoms with Gasteiger partial charge in [0.1, 0.15) is 10.7 Å². The summed E-state index contributed by atoms with van der Waals surface area (Å²) in [7, 11) is 0. The van der Waals surface area contributed by atoms with Gasteiger partial charge < -0.3 is 5.32 Å². The van der Waals surface area contributed by atoms with Crippen molar-refractivity contribution in [1.82, 2.24) is 0 Å². The molecule has 140 valence electrons. The Morgan fingerprint density at radius 3 is 2.52 bits per heavy atom. The van der Waals surface area contributed by atoms with E-state index in [4.69, 9.17) is 33.2 Å². The van der Waals surface area contributed by atoms with Crippen molar-refractivity contribution in [3.8, 4) is 0 Å². The van der Waals surface area contributed by atoms with Crippen LogP contribution >= 0.6 is 35.0 Å². The Labute approximate surface area is 173 Å². The van der Waals surface area contributed by atoms with Gasteiger partial charge in [-0.3, -0.25) is 9.79 Å². The van der Waals surface area contributed by atoms with Crippen molar-refractivity contribution < 1.29 is 4.79 Å². The number of nitrogens with zero attached hydrogens (tertiary/aromatic N) is 2. The van der Waals surface area contributed by atoms with E-state index in [1.807, 2.05) is 37.3 Å². The highest BCUT2D eigenvalue weighted by molar-refractivity contribution is 8.16. The predicted molar refractivity (Wildman–Crippen MR) is 117 cm³/mol. The molecule has 0 saturated carbocycles. The molecule has 0 aliphatic carbocycles. The Hall–Kier alpha value is -1.82. The number of amides is 1. The van der Waals surface area contributed by atoms with Crippen LogP contribution in [0.2, 0.25) is 10.0 Å². The van der Waals surface area contributed by atoms with Crippen molar-refractivity contribution >= 4 is 57.3 Å². The van der Waals surface area contributed by atoms with E-state index in [2.05, 4.69) is 12.2 Å². The maximum absolute atomic E-state index is 12.3. The zero-order chi connectivity index (χ0) is 19.4. The van der Waals surface area contributed by atoms with Crippen LogP contribution in [0.4, 0.5) is 5.69 Å². The minimum absolute atomic E-state index is 0.140. The molecule has 1 aliphatic heterocycles. The average Bonchev–Trinajstić information content (AvgIpc) is 3.01. The van der Waals surface area contributed by atoms with Crippen LogP contribution < -0.4 is 5.32 Å². The Balaban J connectivity index is 1.70. The summed E-state index contributed by atoms with van der Waals surface area (Å²) >= 11 is 13.3. The number of nitrogens with one attached hydrogen (secondary N) is 1. The summed E-state index contributed by atoms with van der Waals surface area (Å²) in [5, 5.41) is 4.47. The molecule has 0 saturated heterocycles. The van der Waals surface area contributed by atoms with Gasteiger partial charge in [0, 0.05) is 11.3 Å². The Morgan fingerprint density at radius 2 is 1.85 bits per heavy atom. The maximum Gasteiger partial charge on any atom is 0.234 e. The number of anilines is 1. The first-order chi connectivity index (χ1) is 12.9. The molecule has 2 aromatic carbocycles. The molecule has 0 aromatic heterocycles. The molecule has 0 bridgehead atoms. The number of thioether (sulfide) groups is 1. The standard InChI is InChI=1S/C20H19Cl2N3OS/c1-3-20(2)24-18(13-7-5-4-6-8-13)19(25-20)27-12-17(26)23-14-9-10-15(21)16(22)11-14/h4-11H,3,12H2,1-2H3,(H,23,26). The summed E-state index contributed by atoms with van der Waals surface area (Å²) < 4.78 is 0. The highest BCUT2D eigenvalue weighted by Gasteiger charge is 2.31. The lowest BCUT2D eigenvalue weighted by molar-refractivity contribution is -0.113. The van der Waals surface area contributed by atoms with E-state index in [9.17, 15) is 4.79 Å². The quantitative estimate of drug-likeness (QED) is 0.675. The van der Waals surface area contributed by atoms with E-state index in [1.165, 1.54) is 11.8 Å². The van der Waals surface area contributed by atoms with Crippen molar-refractivity contribution in [2.45, 2.75) is 25.9 Å². The molecule has 1 aliphatic rings. The second-order valence-electron chi connectivity index (χ2n) is 6.28. The lowest BCUT2D eigenvalue weighted by Gasteiger charge is -2.13. The SMILES string of the molecule is CCC1(C)N=C(SCC(=O)Nc2ccc(Cl)c(Cl)c2)C(c2ccccc2)=N1. The number of carbonyl (C=O) groups excluding carboxylic acids is 1. The third-order valence-electron chi connectivity index (χ3n) is 4.16. The van der Waals surface area contributed by atoms with Crippen LogP contribution in [-0.4, -0.2) is 28.1 Å². The molecule has 2 aromatic rings. The van der Waals surface area contributed by atoms with Crippen molar-refractivity contribution in [2.75, 3.05) is 11.1 Å². The first-order valence-electron chi connectivity index (χ1n) is 8.53. The van der Waals surface area contributed by atoms with E-state index in [-0.39, 0.29) is 11.7 Å². The van der Waals surface area contributed by atoms with E-state index < -0.39 is 5.66 Å². The van der Waals surface area contributed by atoms with Crippen LogP contribution in [0, 0.1) is 0 Å². The summed E-state index contributed by atoms with van der Waals surface area (Å²) in [6.07, 6.45) is 0.795. The van der Waals surface area contributed by atoms with Gasteiger partial charge in [0.25, 0.3) is 0 Å². The maximum atomic E-state index is 12.3. The van der Waals surface area contributed by atoms with Gasteiger partial charge in [-0.15, -0.1) is 0 Å². The monoisotopic (exact) mass is 419 g/mol. The second-order valence-corrected chi connectivity index (χ2v) is 8.06. The lowest BCUT2D eigenvalue weighted by atomic mass is 10.1. The fourth-order valence-corrected chi connectivity index (χ4v) is 3.73. The summed E-state index contributed by atoms with van der Waals surface area (Å²) in [5.74, 6) is 0.0867. The van der Waals surface area contributed by atoms with Crippen LogP contribution in [0.3, 0.4) is 0 Å². The van der Waals surface area contributed by atoms with Gasteiger partial charge in [0.05, 0.1) is 21.5 Å². The zero-order valence-corrected chi connectivity index (χ0v) is 17.3. The number of hydrogen-bond donors (Lipinski definition) is 1. The third-order valence-corrected chi connectivity index (χ3v) is 5.86. The largest absolute Gasteiger partial charge is 0.325 e. The minimum atomic E-state index is -0.478. The zero-order valence-electron chi connectivity index (χ0n) is 15.0. The molecular weight excluding hydrogens is 401 g/mol. The van der Waals surface area contributed by atoms with Crippen LogP contribution in [0.15, 0.2) is 58.5 Å². The predicted octanol–water partition coefficient (Wildman–Crippen LogP) is 5.69. The van der Waals surface area contributed by atoms with Gasteiger partial charge in [0.2, 0.25) is 5.91 Å². The van der Waals surface area contributed by atoms with Crippen LogP contribution in [0.5, 0.6) is 0 Å². The second kappa shape index (κ2) is 8.46. The summed E-state index contributed by atoms with van der Waals surface area (Å²) in [5.41, 5.74) is 1.98. The highest BCUT2D eigenvalue weighted by atomic mass is 35.5. The molecule has 27 heavy (non-hydrogen) atoms. The Bertz CT molecular complexity index is 915. The smallest absolute Gasteiger partial charge is 0.234 e. The summed E-state index contributed by atoms with van der Waals surface area (Å²) in [6.45, 7) is 4.06. The molecular formula is C20H19Cl2N3OS. The number of halogens is 2. The van der Waals surface area contributed by atoms with Crippen molar-refractivity contribution in [3.05, 3.63) is 64.1 Å². The van der Waals surface area contributed by atoms with E-state index >= 15 is 0 Å². The first kappa shape index (κ1) is 19.9. The summed E-state index contributed by atoms with van der Waals surface area (Å²) in [6, 6.07) is 14.9. The molecule has 0 spiro atoms. The van der Waals surface area contributed by atoms with Gasteiger partial charge in [-0.2, -0.15) is 0 Å². The Morgan fingerprint density at radius 1 is 1.11 bits per heavy atom. The minimum Gasteiger partial charge on any atom is -0.325 e. The molecule has 1 N–H and O–H groups in total. The van der Waals surface area contributed by atoms with Crippen molar-refractivity contribution in [2.24, 2.45) is 9.98 Å². The molecule has 1 unspecified atom stereocenters. The molecule has 1 amide bonds. The topological polar surface area (TPSA) is 53.8 Å². The number of rotatable bonds is 5. The Kier molecular flexibility index (Phi) is 6.25. The van der Waals surface area contributed by atoms with Gasteiger partial charge in [-0.25, -0.2) is 4.99 Å². The van der Waals surface area contributed by atoms with Gasteiger partial charge in [-0.05, 0) is 31.5 Å². The van der Waals surface area contributed by atoms with Crippen LogP contribution in [0.25, 0.3) is 0 Å². The molecule has 1 heterocycles. The third kappa shape index (κ3) is 4.92. The van der Waals surface area contributed by atoms with Crippen LogP contribution in [0.1, 0.15) is 25.8 Å². The number of aliphatic imine (C=N–C) groups is 2. The number of carbonyl (C=O) groups is 1. The van der Waals surface area contributed by atoms with E-state index in [0.717, 1.165) is 22.7 Å². The van der Waals surface area contributed by atoms with Crippen molar-refractivity contribution in [1.29, 1.82) is 0 Å². The normalized spacial score (nSPS) is 18.8. The fourth-order valence-electron chi connectivity index (χ4n) is 2.53. The lowest BCUT2D eigenvalue weighted by Crippen LogP contribution is -2.17. The van der Waals surface area contributed by atoms with Crippen molar-refractivity contribution in [3.63, 3.8) is 0 Å². The molecule has 3 rings (SSSR count). The molecule has 4 nitrogen and oxygen atoms in total. The van der Waals surface area contributed by atoms with Crippen LogP contribution in [-0.2, 0) is 4.79 Å². The van der Waals surface area contributed by atoms with E-state index in [0.29, 0.717) is 15.7 Å². The molecule has 0 radical (unpaired) electrons. The summed E-state index contributed by atoms with van der Waals surface area (Å²) in [4.78, 5) is 21.9. The number of benzene rings is 2. The molecule has 7 heteroatoms. The highest BCUT2D eigenvalue weighted by Crippen LogP contribution is 2.30. The van der Waals surface area contributed by atoms with Gasteiger partial charge >= 0.3 is 0 Å². The van der Waals surface area contributed by atoms with E-state index in [1.54, 1.807) is 18.2 Å². The molecule has 1 atom stereocenters. The van der Waals surface area contributed by atoms with Gasteiger partial charge in [0.15, 0.2) is 0 Å². The number of hydrogen-bond acceptors (Lipinski definition) is 4. The van der Waals surface area contributed by atoms with Gasteiger partial charge in [-0.1, -0.05) is 72.2 Å². The first-order valence-corrected chi connectivity index (χ1v) is 10.3.